The molecule has 0 saturated heterocycles. The Kier molecular flexibility index (Phi) is 8.26. The first kappa shape index (κ1) is 28.8. The van der Waals surface area contributed by atoms with Crippen LogP contribution < -0.4 is 15.6 Å². The minimum Gasteiger partial charge on any atom is -0.495 e. The highest BCUT2D eigenvalue weighted by molar-refractivity contribution is 6.30. The van der Waals surface area contributed by atoms with E-state index in [1.54, 1.807) is 20.8 Å². The quantitative estimate of drug-likeness (QED) is 0.361. The van der Waals surface area contributed by atoms with Crippen LogP contribution >= 0.6 is 11.6 Å². The van der Waals surface area contributed by atoms with Crippen molar-refractivity contribution in [1.29, 1.82) is 0 Å². The molecule has 1 N–H and O–H groups in total. The maximum atomic E-state index is 13.6. The molecule has 0 aliphatic rings. The largest absolute Gasteiger partial charge is 0.495 e. The Balaban J connectivity index is 1.88. The Hall–Kier alpha value is -3.79. The number of alkyl halides is 3. The molecule has 0 fully saturated rings. The van der Waals surface area contributed by atoms with E-state index < -0.39 is 40.8 Å². The average molecular weight is 551 g/mol. The number of methoxy groups -OCH3 is 1. The van der Waals surface area contributed by atoms with Crippen molar-refractivity contribution in [1.82, 2.24) is 4.57 Å². The number of hydrogen-bond donors (Lipinski definition) is 1. The van der Waals surface area contributed by atoms with Crippen LogP contribution in [0.25, 0.3) is 11.1 Å². The highest BCUT2D eigenvalue weighted by atomic mass is 35.5. The number of hydrogen-bond acceptors (Lipinski definition) is 5. The Labute approximate surface area is 222 Å². The van der Waals surface area contributed by atoms with Crippen molar-refractivity contribution in [3.05, 3.63) is 81.2 Å². The van der Waals surface area contributed by atoms with Crippen molar-refractivity contribution in [2.24, 2.45) is 0 Å². The first-order valence-corrected chi connectivity index (χ1v) is 11.8. The summed E-state index contributed by atoms with van der Waals surface area (Å²) >= 11 is 5.94. The van der Waals surface area contributed by atoms with E-state index in [1.165, 1.54) is 44.5 Å². The van der Waals surface area contributed by atoms with Gasteiger partial charge in [0, 0.05) is 22.3 Å². The van der Waals surface area contributed by atoms with Gasteiger partial charge in [0.1, 0.15) is 17.4 Å². The van der Waals surface area contributed by atoms with Crippen molar-refractivity contribution in [2.75, 3.05) is 12.4 Å². The van der Waals surface area contributed by atoms with Crippen LogP contribution in [-0.4, -0.2) is 29.2 Å². The first-order chi connectivity index (χ1) is 17.6. The normalized spacial score (nSPS) is 12.6. The van der Waals surface area contributed by atoms with E-state index in [9.17, 15) is 27.6 Å². The molecule has 0 bridgehead atoms. The molecule has 11 heteroatoms. The fraction of sp³-hybridized carbons (Fsp3) is 0.296. The Morgan fingerprint density at radius 2 is 1.63 bits per heavy atom. The number of aromatic nitrogens is 1. The third-order valence-electron chi connectivity index (χ3n) is 5.42. The Morgan fingerprint density at radius 3 is 2.18 bits per heavy atom. The smallest absolute Gasteiger partial charge is 0.417 e. The summed E-state index contributed by atoms with van der Waals surface area (Å²) in [5.41, 5.74) is -2.16. The standard InChI is InChI=1S/C27H26ClF3N2O5/c1-15(24(35)32-18-9-6-16(7-10-18)25(36)38-26(2,3)4)33-14-22(37-5)20(13-23(33)34)19-12-17(28)8-11-21(19)27(29,30)31/h6-15H,1-5H3,(H,32,35). The fourth-order valence-corrected chi connectivity index (χ4v) is 3.76. The number of carbonyl (C=O) groups is 2. The third-order valence-corrected chi connectivity index (χ3v) is 5.66. The van der Waals surface area contributed by atoms with Gasteiger partial charge in [0.15, 0.2) is 0 Å². The molecule has 0 spiro atoms. The summed E-state index contributed by atoms with van der Waals surface area (Å²) in [6, 6.07) is 8.94. The second-order valence-electron chi connectivity index (χ2n) is 9.43. The second kappa shape index (κ2) is 10.9. The van der Waals surface area contributed by atoms with Crippen molar-refractivity contribution >= 4 is 29.2 Å². The molecule has 0 aliphatic heterocycles. The number of carbonyl (C=O) groups excluding carboxylic acids is 2. The number of benzene rings is 2. The highest BCUT2D eigenvalue weighted by Crippen LogP contribution is 2.41. The second-order valence-corrected chi connectivity index (χ2v) is 9.87. The van der Waals surface area contributed by atoms with E-state index in [1.807, 2.05) is 0 Å². The molecule has 0 radical (unpaired) electrons. The maximum Gasteiger partial charge on any atom is 0.417 e. The van der Waals surface area contributed by atoms with Crippen LogP contribution in [-0.2, 0) is 15.7 Å². The van der Waals surface area contributed by atoms with Gasteiger partial charge in [-0.1, -0.05) is 11.6 Å². The van der Waals surface area contributed by atoms with Crippen molar-refractivity contribution in [2.45, 2.75) is 45.5 Å². The van der Waals surface area contributed by atoms with Gasteiger partial charge >= 0.3 is 12.1 Å². The molecule has 38 heavy (non-hydrogen) atoms. The molecule has 0 saturated carbocycles. The number of pyridine rings is 1. The molecule has 1 aromatic heterocycles. The zero-order valence-corrected chi connectivity index (χ0v) is 22.0. The van der Waals surface area contributed by atoms with Gasteiger partial charge in [-0.2, -0.15) is 13.2 Å². The van der Waals surface area contributed by atoms with E-state index in [0.717, 1.165) is 28.8 Å². The molecule has 2 aromatic carbocycles. The van der Waals surface area contributed by atoms with Crippen LogP contribution in [0, 0.1) is 0 Å². The number of ether oxygens (including phenoxy) is 2. The molecule has 202 valence electrons. The van der Waals surface area contributed by atoms with Crippen molar-refractivity contribution in [3.63, 3.8) is 0 Å². The summed E-state index contributed by atoms with van der Waals surface area (Å²) in [4.78, 5) is 38.0. The van der Waals surface area contributed by atoms with Crippen molar-refractivity contribution < 1.29 is 32.2 Å². The predicted molar refractivity (Wildman–Crippen MR) is 138 cm³/mol. The van der Waals surface area contributed by atoms with Gasteiger partial charge in [-0.3, -0.25) is 14.2 Å². The summed E-state index contributed by atoms with van der Waals surface area (Å²) in [5.74, 6) is -1.15. The molecular formula is C27H26ClF3N2O5. The van der Waals surface area contributed by atoms with Crippen LogP contribution in [0.1, 0.15) is 49.7 Å². The number of anilines is 1. The molecule has 3 aromatic rings. The summed E-state index contributed by atoms with van der Waals surface area (Å²) < 4.78 is 52.5. The van der Waals surface area contributed by atoms with Crippen LogP contribution in [0.2, 0.25) is 5.02 Å². The Bertz CT molecular complexity index is 1410. The topological polar surface area (TPSA) is 86.6 Å². The lowest BCUT2D eigenvalue weighted by molar-refractivity contribution is -0.137. The molecule has 0 aliphatic carbocycles. The third kappa shape index (κ3) is 6.74. The summed E-state index contributed by atoms with van der Waals surface area (Å²) in [5, 5.41) is 2.69. The molecule has 1 atom stereocenters. The van der Waals surface area contributed by atoms with Crippen LogP contribution in [0.15, 0.2) is 59.5 Å². The zero-order valence-electron chi connectivity index (χ0n) is 21.3. The molecule has 3 rings (SSSR count). The number of halogens is 4. The van der Waals surface area contributed by atoms with Gasteiger partial charge in [-0.15, -0.1) is 0 Å². The van der Waals surface area contributed by atoms with E-state index in [0.29, 0.717) is 11.3 Å². The summed E-state index contributed by atoms with van der Waals surface area (Å²) in [7, 11) is 1.24. The van der Waals surface area contributed by atoms with Gasteiger partial charge in [0.2, 0.25) is 5.91 Å². The lowest BCUT2D eigenvalue weighted by Gasteiger charge is -2.20. The van der Waals surface area contributed by atoms with Crippen LogP contribution in [0.4, 0.5) is 18.9 Å². The summed E-state index contributed by atoms with van der Waals surface area (Å²) in [6.45, 7) is 6.68. The minimum absolute atomic E-state index is 0.0460. The SMILES string of the molecule is COc1cn(C(C)C(=O)Nc2ccc(C(=O)OC(C)(C)C)cc2)c(=O)cc1-c1cc(Cl)ccc1C(F)(F)F. The number of amides is 1. The fourth-order valence-electron chi connectivity index (χ4n) is 3.59. The minimum atomic E-state index is -4.70. The van der Waals surface area contributed by atoms with Crippen molar-refractivity contribution in [3.8, 4) is 16.9 Å². The molecular weight excluding hydrogens is 525 g/mol. The monoisotopic (exact) mass is 550 g/mol. The van der Waals surface area contributed by atoms with Crippen LogP contribution in [0.3, 0.4) is 0 Å². The molecule has 7 nitrogen and oxygen atoms in total. The summed E-state index contributed by atoms with van der Waals surface area (Å²) in [6.07, 6.45) is -3.53. The van der Waals surface area contributed by atoms with Gasteiger partial charge in [-0.05, 0) is 75.7 Å². The highest BCUT2D eigenvalue weighted by Gasteiger charge is 2.34. The van der Waals surface area contributed by atoms with Crippen LogP contribution in [0.5, 0.6) is 5.75 Å². The van der Waals surface area contributed by atoms with Gasteiger partial charge < -0.3 is 14.8 Å². The predicted octanol–water partition coefficient (Wildman–Crippen LogP) is 6.35. The maximum absolute atomic E-state index is 13.6. The van der Waals surface area contributed by atoms with E-state index in [2.05, 4.69) is 5.32 Å². The Morgan fingerprint density at radius 1 is 1.00 bits per heavy atom. The lowest BCUT2D eigenvalue weighted by atomic mass is 9.99. The molecule has 1 heterocycles. The van der Waals surface area contributed by atoms with Gasteiger partial charge in [0.05, 0.1) is 24.4 Å². The van der Waals surface area contributed by atoms with Gasteiger partial charge in [0.25, 0.3) is 5.56 Å². The molecule has 1 amide bonds. The number of esters is 1. The van der Waals surface area contributed by atoms with E-state index in [-0.39, 0.29) is 21.9 Å². The van der Waals surface area contributed by atoms with Gasteiger partial charge in [-0.25, -0.2) is 4.79 Å². The van der Waals surface area contributed by atoms with E-state index in [4.69, 9.17) is 21.1 Å². The number of rotatable bonds is 6. The average Bonchev–Trinajstić information content (AvgIpc) is 2.82. The molecule has 1 unspecified atom stereocenters. The van der Waals surface area contributed by atoms with E-state index >= 15 is 0 Å². The zero-order chi connectivity index (χ0) is 28.4. The number of nitrogens with one attached hydrogen (secondary N) is 1. The lowest BCUT2D eigenvalue weighted by Crippen LogP contribution is -2.31. The first-order valence-electron chi connectivity index (χ1n) is 11.4. The number of nitrogens with zero attached hydrogens (tertiary/aromatic N) is 1.